The topological polar surface area (TPSA) is 50.8 Å². The minimum Gasteiger partial charge on any atom is -0.496 e. The van der Waals surface area contributed by atoms with Gasteiger partial charge in [-0.2, -0.15) is 0 Å². The van der Waals surface area contributed by atoms with Gasteiger partial charge in [0, 0.05) is 24.6 Å². The predicted molar refractivity (Wildman–Crippen MR) is 103 cm³/mol. The third kappa shape index (κ3) is 2.78. The fourth-order valence-electron chi connectivity index (χ4n) is 5.78. The lowest BCUT2D eigenvalue weighted by atomic mass is 9.78. The third-order valence-corrected chi connectivity index (χ3v) is 7.51. The first-order chi connectivity index (χ1) is 13.2. The number of benzene rings is 1. The standard InChI is InChI=1S/C22H30N2O3/c1-26-18-4-2-3-16-5-14-27-22(19(16)18)8-12-24(13-9-22)20(25)17-15-21(17)6-10-23-11-7-21/h2-4,17,23H,5-15H2,1H3. The highest BCUT2D eigenvalue weighted by Gasteiger charge is 2.59. The average molecular weight is 370 g/mol. The van der Waals surface area contributed by atoms with Gasteiger partial charge >= 0.3 is 0 Å². The van der Waals surface area contributed by atoms with Crippen LogP contribution in [0.15, 0.2) is 18.2 Å². The zero-order valence-corrected chi connectivity index (χ0v) is 16.3. The number of nitrogens with one attached hydrogen (secondary N) is 1. The molecule has 5 nitrogen and oxygen atoms in total. The summed E-state index contributed by atoms with van der Waals surface area (Å²) in [5.74, 6) is 1.59. The van der Waals surface area contributed by atoms with Crippen molar-refractivity contribution in [1.82, 2.24) is 10.2 Å². The number of ether oxygens (including phenoxy) is 2. The zero-order valence-electron chi connectivity index (χ0n) is 16.3. The van der Waals surface area contributed by atoms with E-state index >= 15 is 0 Å². The molecule has 2 saturated heterocycles. The van der Waals surface area contributed by atoms with E-state index in [1.54, 1.807) is 7.11 Å². The van der Waals surface area contributed by atoms with Crippen LogP contribution in [0.3, 0.4) is 0 Å². The van der Waals surface area contributed by atoms with E-state index in [0.717, 1.165) is 77.1 Å². The molecule has 1 aromatic rings. The van der Waals surface area contributed by atoms with Gasteiger partial charge in [-0.15, -0.1) is 0 Å². The van der Waals surface area contributed by atoms with Crippen molar-refractivity contribution in [3.05, 3.63) is 29.3 Å². The Morgan fingerprint density at radius 3 is 2.74 bits per heavy atom. The molecular weight excluding hydrogens is 340 g/mol. The summed E-state index contributed by atoms with van der Waals surface area (Å²) in [7, 11) is 1.74. The van der Waals surface area contributed by atoms with Crippen LogP contribution >= 0.6 is 0 Å². The number of amides is 1. The van der Waals surface area contributed by atoms with Gasteiger partial charge in [0.1, 0.15) is 11.4 Å². The van der Waals surface area contributed by atoms with Crippen LogP contribution in [0.4, 0.5) is 0 Å². The number of fused-ring (bicyclic) bond motifs is 2. The SMILES string of the molecule is COc1cccc2c1C1(CCN(C(=O)C3CC34CCNCC4)CC1)OCC2. The van der Waals surface area contributed by atoms with Gasteiger partial charge in [-0.05, 0) is 68.7 Å². The molecule has 5 rings (SSSR count). The van der Waals surface area contributed by atoms with E-state index in [4.69, 9.17) is 9.47 Å². The summed E-state index contributed by atoms with van der Waals surface area (Å²) >= 11 is 0. The maximum Gasteiger partial charge on any atom is 0.226 e. The number of methoxy groups -OCH3 is 1. The van der Waals surface area contributed by atoms with E-state index < -0.39 is 0 Å². The highest BCUT2D eigenvalue weighted by Crippen LogP contribution is 2.59. The van der Waals surface area contributed by atoms with Crippen LogP contribution in [-0.2, 0) is 21.6 Å². The molecule has 1 atom stereocenters. The van der Waals surface area contributed by atoms with E-state index in [1.807, 2.05) is 6.07 Å². The monoisotopic (exact) mass is 370 g/mol. The molecule has 1 amide bonds. The Kier molecular flexibility index (Phi) is 4.21. The van der Waals surface area contributed by atoms with Crippen LogP contribution in [0.2, 0.25) is 0 Å². The first-order valence-electron chi connectivity index (χ1n) is 10.5. The van der Waals surface area contributed by atoms with E-state index in [-0.39, 0.29) is 11.5 Å². The normalized spacial score (nSPS) is 28.0. The summed E-state index contributed by atoms with van der Waals surface area (Å²) in [4.78, 5) is 15.2. The van der Waals surface area contributed by atoms with Gasteiger partial charge in [-0.1, -0.05) is 12.1 Å². The third-order valence-electron chi connectivity index (χ3n) is 7.51. The Bertz CT molecular complexity index is 719. The largest absolute Gasteiger partial charge is 0.496 e. The lowest BCUT2D eigenvalue weighted by Crippen LogP contribution is -2.49. The fourth-order valence-corrected chi connectivity index (χ4v) is 5.78. The predicted octanol–water partition coefficient (Wildman–Crippen LogP) is 2.48. The molecule has 1 aliphatic carbocycles. The van der Waals surface area contributed by atoms with E-state index in [0.29, 0.717) is 11.3 Å². The molecule has 0 radical (unpaired) electrons. The van der Waals surface area contributed by atoms with Crippen LogP contribution in [0.25, 0.3) is 0 Å². The summed E-state index contributed by atoms with van der Waals surface area (Å²) in [5.41, 5.74) is 2.60. The van der Waals surface area contributed by atoms with Gasteiger partial charge in [0.05, 0.1) is 13.7 Å². The van der Waals surface area contributed by atoms with Crippen molar-refractivity contribution in [1.29, 1.82) is 0 Å². The molecule has 27 heavy (non-hydrogen) atoms. The highest BCUT2D eigenvalue weighted by molar-refractivity contribution is 5.83. The quantitative estimate of drug-likeness (QED) is 0.869. The molecule has 3 fully saturated rings. The maximum absolute atomic E-state index is 13.1. The smallest absolute Gasteiger partial charge is 0.226 e. The lowest BCUT2D eigenvalue weighted by molar-refractivity contribution is -0.143. The molecule has 3 aliphatic heterocycles. The van der Waals surface area contributed by atoms with Gasteiger partial charge in [0.25, 0.3) is 0 Å². The first-order valence-corrected chi connectivity index (χ1v) is 10.5. The summed E-state index contributed by atoms with van der Waals surface area (Å²) < 4.78 is 12.0. The molecule has 1 N–H and O–H groups in total. The maximum atomic E-state index is 13.1. The van der Waals surface area contributed by atoms with Crippen molar-refractivity contribution in [2.75, 3.05) is 39.9 Å². The first kappa shape index (κ1) is 17.5. The van der Waals surface area contributed by atoms with Gasteiger partial charge in [-0.25, -0.2) is 0 Å². The van der Waals surface area contributed by atoms with Gasteiger partial charge in [0.2, 0.25) is 5.91 Å². The number of rotatable bonds is 2. The van der Waals surface area contributed by atoms with Gasteiger partial charge < -0.3 is 19.7 Å². The number of hydrogen-bond donors (Lipinski definition) is 1. The second-order valence-electron chi connectivity index (χ2n) is 8.78. The molecular formula is C22H30N2O3. The minimum atomic E-state index is -0.285. The second kappa shape index (κ2) is 6.49. The molecule has 1 unspecified atom stereocenters. The number of carbonyl (C=O) groups excluding carboxylic acids is 1. The van der Waals surface area contributed by atoms with Crippen molar-refractivity contribution in [3.8, 4) is 5.75 Å². The van der Waals surface area contributed by atoms with Crippen LogP contribution < -0.4 is 10.1 Å². The van der Waals surface area contributed by atoms with Crippen molar-refractivity contribution < 1.29 is 14.3 Å². The summed E-state index contributed by atoms with van der Waals surface area (Å²) in [6, 6.07) is 6.31. The molecule has 1 aromatic carbocycles. The van der Waals surface area contributed by atoms with E-state index in [1.165, 1.54) is 11.1 Å². The van der Waals surface area contributed by atoms with Crippen LogP contribution in [-0.4, -0.2) is 50.7 Å². The van der Waals surface area contributed by atoms with Crippen LogP contribution in [0.1, 0.15) is 43.2 Å². The van der Waals surface area contributed by atoms with Crippen LogP contribution in [0, 0.1) is 11.3 Å². The molecule has 5 heteroatoms. The molecule has 0 bridgehead atoms. The highest BCUT2D eigenvalue weighted by atomic mass is 16.5. The molecule has 4 aliphatic rings. The Labute approximate surface area is 161 Å². The minimum absolute atomic E-state index is 0.266. The number of likely N-dealkylation sites (tertiary alicyclic amines) is 1. The molecule has 1 saturated carbocycles. The van der Waals surface area contributed by atoms with Crippen molar-refractivity contribution >= 4 is 5.91 Å². The van der Waals surface area contributed by atoms with Gasteiger partial charge in [-0.3, -0.25) is 4.79 Å². The molecule has 0 aromatic heterocycles. The number of piperidine rings is 2. The molecule has 3 heterocycles. The number of hydrogen-bond acceptors (Lipinski definition) is 4. The summed E-state index contributed by atoms with van der Waals surface area (Å²) in [5, 5.41) is 3.43. The van der Waals surface area contributed by atoms with Gasteiger partial charge in [0.15, 0.2) is 0 Å². The van der Waals surface area contributed by atoms with Crippen molar-refractivity contribution in [2.45, 2.75) is 44.1 Å². The lowest BCUT2D eigenvalue weighted by Gasteiger charge is -2.45. The van der Waals surface area contributed by atoms with E-state index in [9.17, 15) is 4.79 Å². The van der Waals surface area contributed by atoms with E-state index in [2.05, 4.69) is 22.3 Å². The Balaban J connectivity index is 1.31. The number of nitrogens with zero attached hydrogens (tertiary/aromatic N) is 1. The summed E-state index contributed by atoms with van der Waals surface area (Å²) in [6.07, 6.45) is 6.10. The zero-order chi connectivity index (χ0) is 18.5. The number of carbonyl (C=O) groups is 1. The van der Waals surface area contributed by atoms with Crippen molar-refractivity contribution in [3.63, 3.8) is 0 Å². The fraction of sp³-hybridized carbons (Fsp3) is 0.682. The Morgan fingerprint density at radius 1 is 1.22 bits per heavy atom. The second-order valence-corrected chi connectivity index (χ2v) is 8.78. The Morgan fingerprint density at radius 2 is 2.00 bits per heavy atom. The average Bonchev–Trinajstić information content (AvgIpc) is 3.41. The summed E-state index contributed by atoms with van der Waals surface area (Å²) in [6.45, 7) is 4.48. The van der Waals surface area contributed by atoms with Crippen molar-refractivity contribution in [2.24, 2.45) is 11.3 Å². The Hall–Kier alpha value is -1.59. The molecule has 146 valence electrons. The van der Waals surface area contributed by atoms with Crippen LogP contribution in [0.5, 0.6) is 5.75 Å². The molecule has 2 spiro atoms.